The summed E-state index contributed by atoms with van der Waals surface area (Å²) in [6, 6.07) is 3.84. The standard InChI is InChI=1S/C12H15BrN2O2/c1-8-6-15(7-9(8)12(16)17-2)11-10(13)4-3-5-14-11/h3-5,8-9H,6-7H2,1-2H3. The van der Waals surface area contributed by atoms with E-state index in [-0.39, 0.29) is 17.8 Å². The molecule has 92 valence electrons. The van der Waals surface area contributed by atoms with Gasteiger partial charge in [-0.2, -0.15) is 0 Å². The predicted octanol–water partition coefficient (Wildman–Crippen LogP) is 2.09. The second-order valence-corrected chi connectivity index (χ2v) is 5.18. The van der Waals surface area contributed by atoms with E-state index in [1.54, 1.807) is 6.20 Å². The Balaban J connectivity index is 2.17. The molecule has 1 aromatic rings. The number of hydrogen-bond donors (Lipinski definition) is 0. The lowest BCUT2D eigenvalue weighted by molar-refractivity contribution is -0.145. The van der Waals surface area contributed by atoms with Gasteiger partial charge in [0.05, 0.1) is 17.5 Å². The maximum absolute atomic E-state index is 11.6. The number of rotatable bonds is 2. The minimum absolute atomic E-state index is 0.0612. The van der Waals surface area contributed by atoms with E-state index >= 15 is 0 Å². The van der Waals surface area contributed by atoms with Crippen LogP contribution in [0.15, 0.2) is 22.8 Å². The molecule has 1 aliphatic heterocycles. The summed E-state index contributed by atoms with van der Waals surface area (Å²) in [5.41, 5.74) is 0. The van der Waals surface area contributed by atoms with E-state index < -0.39 is 0 Å². The minimum atomic E-state index is -0.132. The minimum Gasteiger partial charge on any atom is -0.469 e. The second kappa shape index (κ2) is 5.04. The van der Waals surface area contributed by atoms with Gasteiger partial charge in [0.1, 0.15) is 5.82 Å². The predicted molar refractivity (Wildman–Crippen MR) is 68.8 cm³/mol. The van der Waals surface area contributed by atoms with Crippen molar-refractivity contribution >= 4 is 27.7 Å². The molecule has 0 aliphatic carbocycles. The van der Waals surface area contributed by atoms with Gasteiger partial charge in [0.25, 0.3) is 0 Å². The maximum atomic E-state index is 11.6. The first-order chi connectivity index (χ1) is 8.13. The zero-order chi connectivity index (χ0) is 12.4. The Bertz CT molecular complexity index is 425. The summed E-state index contributed by atoms with van der Waals surface area (Å²) >= 11 is 3.48. The molecule has 0 spiro atoms. The summed E-state index contributed by atoms with van der Waals surface area (Å²) in [6.45, 7) is 3.57. The Hall–Kier alpha value is -1.10. The molecule has 1 saturated heterocycles. The summed E-state index contributed by atoms with van der Waals surface area (Å²) in [4.78, 5) is 18.1. The van der Waals surface area contributed by atoms with Crippen LogP contribution in [0.2, 0.25) is 0 Å². The van der Waals surface area contributed by atoms with Crippen LogP contribution in [0, 0.1) is 11.8 Å². The van der Waals surface area contributed by atoms with Crippen molar-refractivity contribution < 1.29 is 9.53 Å². The SMILES string of the molecule is COC(=O)C1CN(c2ncccc2Br)CC1C. The maximum Gasteiger partial charge on any atom is 0.310 e. The lowest BCUT2D eigenvalue weighted by Crippen LogP contribution is -2.25. The summed E-state index contributed by atoms with van der Waals surface area (Å²) in [7, 11) is 1.44. The van der Waals surface area contributed by atoms with Crippen molar-refractivity contribution in [3.8, 4) is 0 Å². The van der Waals surface area contributed by atoms with Gasteiger partial charge in [0.2, 0.25) is 0 Å². The van der Waals surface area contributed by atoms with Gasteiger partial charge >= 0.3 is 5.97 Å². The number of hydrogen-bond acceptors (Lipinski definition) is 4. The van der Waals surface area contributed by atoms with Gasteiger partial charge in [-0.25, -0.2) is 4.98 Å². The molecule has 0 amide bonds. The fourth-order valence-electron chi connectivity index (χ4n) is 2.21. The van der Waals surface area contributed by atoms with E-state index in [0.717, 1.165) is 16.8 Å². The summed E-state index contributed by atoms with van der Waals surface area (Å²) in [6.07, 6.45) is 1.76. The van der Waals surface area contributed by atoms with Crippen LogP contribution >= 0.6 is 15.9 Å². The number of aromatic nitrogens is 1. The van der Waals surface area contributed by atoms with E-state index in [1.807, 2.05) is 12.1 Å². The van der Waals surface area contributed by atoms with Gasteiger partial charge in [-0.15, -0.1) is 0 Å². The van der Waals surface area contributed by atoms with E-state index in [2.05, 4.69) is 32.7 Å². The normalized spacial score (nSPS) is 23.8. The highest BCUT2D eigenvalue weighted by Crippen LogP contribution is 2.31. The van der Waals surface area contributed by atoms with Crippen LogP contribution in [-0.4, -0.2) is 31.2 Å². The zero-order valence-electron chi connectivity index (χ0n) is 9.89. The Morgan fingerprint density at radius 3 is 3.00 bits per heavy atom. The van der Waals surface area contributed by atoms with Crippen LogP contribution in [0.4, 0.5) is 5.82 Å². The molecular formula is C12H15BrN2O2. The van der Waals surface area contributed by atoms with E-state index in [0.29, 0.717) is 6.54 Å². The third kappa shape index (κ3) is 2.44. The van der Waals surface area contributed by atoms with Gasteiger partial charge in [-0.05, 0) is 34.0 Å². The number of methoxy groups -OCH3 is 1. The van der Waals surface area contributed by atoms with Crippen molar-refractivity contribution in [1.29, 1.82) is 0 Å². The molecule has 2 atom stereocenters. The van der Waals surface area contributed by atoms with Crippen LogP contribution in [0.3, 0.4) is 0 Å². The molecule has 1 aromatic heterocycles. The first kappa shape index (κ1) is 12.4. The van der Waals surface area contributed by atoms with E-state index in [4.69, 9.17) is 4.74 Å². The summed E-state index contributed by atoms with van der Waals surface area (Å²) in [5, 5.41) is 0. The lowest BCUT2D eigenvalue weighted by Gasteiger charge is -2.18. The Morgan fingerprint density at radius 1 is 1.59 bits per heavy atom. The summed E-state index contributed by atoms with van der Waals surface area (Å²) in [5.74, 6) is 0.989. The molecule has 1 fully saturated rings. The van der Waals surface area contributed by atoms with Crippen molar-refractivity contribution in [1.82, 2.24) is 4.98 Å². The highest BCUT2D eigenvalue weighted by molar-refractivity contribution is 9.10. The van der Waals surface area contributed by atoms with Gasteiger partial charge in [0, 0.05) is 19.3 Å². The van der Waals surface area contributed by atoms with E-state index in [1.165, 1.54) is 7.11 Å². The zero-order valence-corrected chi connectivity index (χ0v) is 11.5. The smallest absolute Gasteiger partial charge is 0.310 e. The van der Waals surface area contributed by atoms with Crippen molar-refractivity contribution in [3.05, 3.63) is 22.8 Å². The highest BCUT2D eigenvalue weighted by Gasteiger charge is 2.36. The van der Waals surface area contributed by atoms with Crippen LogP contribution in [0.1, 0.15) is 6.92 Å². The van der Waals surface area contributed by atoms with Crippen molar-refractivity contribution in [3.63, 3.8) is 0 Å². The molecule has 0 N–H and O–H groups in total. The van der Waals surface area contributed by atoms with Crippen LogP contribution in [0.25, 0.3) is 0 Å². The number of carbonyl (C=O) groups is 1. The number of ether oxygens (including phenoxy) is 1. The topological polar surface area (TPSA) is 42.4 Å². The molecule has 0 bridgehead atoms. The molecule has 1 aliphatic rings. The largest absolute Gasteiger partial charge is 0.469 e. The van der Waals surface area contributed by atoms with Crippen molar-refractivity contribution in [2.24, 2.45) is 11.8 Å². The first-order valence-electron chi connectivity index (χ1n) is 5.56. The first-order valence-corrected chi connectivity index (χ1v) is 6.36. The van der Waals surface area contributed by atoms with Crippen LogP contribution in [0.5, 0.6) is 0 Å². The molecular weight excluding hydrogens is 284 g/mol. The average molecular weight is 299 g/mol. The van der Waals surface area contributed by atoms with Crippen molar-refractivity contribution in [2.45, 2.75) is 6.92 Å². The van der Waals surface area contributed by atoms with Gasteiger partial charge in [-0.1, -0.05) is 6.92 Å². The molecule has 4 nitrogen and oxygen atoms in total. The fraction of sp³-hybridized carbons (Fsp3) is 0.500. The van der Waals surface area contributed by atoms with Crippen LogP contribution in [-0.2, 0) is 9.53 Å². The quantitative estimate of drug-likeness (QED) is 0.784. The number of carbonyl (C=O) groups excluding carboxylic acids is 1. The van der Waals surface area contributed by atoms with E-state index in [9.17, 15) is 4.79 Å². The molecule has 2 rings (SSSR count). The third-order valence-electron chi connectivity index (χ3n) is 3.15. The highest BCUT2D eigenvalue weighted by atomic mass is 79.9. The van der Waals surface area contributed by atoms with Crippen LogP contribution < -0.4 is 4.90 Å². The average Bonchev–Trinajstić information content (AvgIpc) is 2.71. The number of pyridine rings is 1. The van der Waals surface area contributed by atoms with Gasteiger partial charge in [-0.3, -0.25) is 4.79 Å². The monoisotopic (exact) mass is 298 g/mol. The molecule has 5 heteroatoms. The number of anilines is 1. The number of halogens is 1. The molecule has 2 heterocycles. The number of nitrogens with zero attached hydrogens (tertiary/aromatic N) is 2. The Morgan fingerprint density at radius 2 is 2.35 bits per heavy atom. The lowest BCUT2D eigenvalue weighted by atomic mass is 9.99. The van der Waals surface area contributed by atoms with Crippen molar-refractivity contribution in [2.75, 3.05) is 25.1 Å². The number of esters is 1. The Kier molecular flexibility index (Phi) is 3.66. The second-order valence-electron chi connectivity index (χ2n) is 4.32. The molecule has 17 heavy (non-hydrogen) atoms. The molecule has 2 unspecified atom stereocenters. The molecule has 0 radical (unpaired) electrons. The third-order valence-corrected chi connectivity index (χ3v) is 3.77. The fourth-order valence-corrected chi connectivity index (χ4v) is 2.71. The summed E-state index contributed by atoms with van der Waals surface area (Å²) < 4.78 is 5.78. The van der Waals surface area contributed by atoms with Gasteiger partial charge < -0.3 is 9.64 Å². The molecule has 0 aromatic carbocycles. The molecule has 0 saturated carbocycles. The van der Waals surface area contributed by atoms with Gasteiger partial charge in [0.15, 0.2) is 0 Å². The Labute approximate surface area is 109 Å².